The van der Waals surface area contributed by atoms with E-state index in [1.54, 1.807) is 0 Å². The van der Waals surface area contributed by atoms with E-state index in [9.17, 15) is 0 Å². The van der Waals surface area contributed by atoms with Crippen molar-refractivity contribution in [2.45, 2.75) is 54.4 Å². The maximum absolute atomic E-state index is 5.44. The van der Waals surface area contributed by atoms with Crippen LogP contribution in [-0.4, -0.2) is 21.5 Å². The standard InChI is InChI=1S/C53H42N4S/c1-53(2)43-25-12-13-27-49(43)58-50-42(24-15-26-44(50)53)48-34-46(37-20-10-5-11-21-37)55-52(57-48)39-30-28-38(29-31-39)51-54-45(36-18-8-4-9-19-36)33-47(56-51)41-23-14-22-40(32-41)35-16-6-3-7-17-35/h3,5-8,10-33,48H,4,9,34H2,1-2H3. The molecule has 58 heavy (non-hydrogen) atoms. The van der Waals surface area contributed by atoms with E-state index in [4.69, 9.17) is 20.0 Å². The zero-order valence-corrected chi connectivity index (χ0v) is 33.5. The normalized spacial score (nSPS) is 16.7. The van der Waals surface area contributed by atoms with E-state index >= 15 is 0 Å². The number of rotatable bonds is 7. The minimum Gasteiger partial charge on any atom is -0.258 e. The first kappa shape index (κ1) is 35.9. The molecule has 0 amide bonds. The summed E-state index contributed by atoms with van der Waals surface area (Å²) >= 11 is 1.88. The molecule has 0 bridgehead atoms. The van der Waals surface area contributed by atoms with Gasteiger partial charge < -0.3 is 0 Å². The van der Waals surface area contributed by atoms with Crippen molar-refractivity contribution in [1.82, 2.24) is 9.97 Å². The fraction of sp³-hybridized carbons (Fsp3) is 0.132. The Morgan fingerprint density at radius 1 is 0.569 bits per heavy atom. The van der Waals surface area contributed by atoms with Crippen LogP contribution in [0.1, 0.15) is 72.7 Å². The van der Waals surface area contributed by atoms with Gasteiger partial charge >= 0.3 is 0 Å². The Bertz CT molecular complexity index is 2800. The molecule has 0 fully saturated rings. The highest BCUT2D eigenvalue weighted by molar-refractivity contribution is 7.99. The molecule has 1 unspecified atom stereocenters. The topological polar surface area (TPSA) is 50.5 Å². The van der Waals surface area contributed by atoms with Gasteiger partial charge in [0, 0.05) is 38.3 Å². The fourth-order valence-electron chi connectivity index (χ4n) is 8.39. The molecule has 0 saturated heterocycles. The summed E-state index contributed by atoms with van der Waals surface area (Å²) in [6, 6.07) is 55.8. The van der Waals surface area contributed by atoms with Gasteiger partial charge in [-0.05, 0) is 70.0 Å². The highest BCUT2D eigenvalue weighted by Crippen LogP contribution is 2.52. The second-order valence-electron chi connectivity index (χ2n) is 15.7. The van der Waals surface area contributed by atoms with Crippen molar-refractivity contribution in [3.05, 3.63) is 209 Å². The summed E-state index contributed by atoms with van der Waals surface area (Å²) in [6.45, 7) is 4.68. The van der Waals surface area contributed by atoms with Gasteiger partial charge in [0.2, 0.25) is 0 Å². The zero-order chi connectivity index (χ0) is 39.1. The molecule has 7 aromatic rings. The molecule has 1 aromatic heterocycles. The van der Waals surface area contributed by atoms with Gasteiger partial charge in [0.25, 0.3) is 0 Å². The first-order valence-electron chi connectivity index (χ1n) is 20.1. The predicted octanol–water partition coefficient (Wildman–Crippen LogP) is 13.4. The van der Waals surface area contributed by atoms with E-state index < -0.39 is 0 Å². The van der Waals surface area contributed by atoms with Crippen molar-refractivity contribution in [2.24, 2.45) is 9.98 Å². The lowest BCUT2D eigenvalue weighted by molar-refractivity contribution is 0.598. The van der Waals surface area contributed by atoms with Crippen LogP contribution in [0.2, 0.25) is 0 Å². The van der Waals surface area contributed by atoms with E-state index in [-0.39, 0.29) is 11.5 Å². The molecule has 5 heteroatoms. The molecular formula is C53H42N4S. The van der Waals surface area contributed by atoms with Gasteiger partial charge in [-0.3, -0.25) is 4.99 Å². The first-order chi connectivity index (χ1) is 28.5. The molecular weight excluding hydrogens is 725 g/mol. The van der Waals surface area contributed by atoms with Gasteiger partial charge in [0.15, 0.2) is 11.7 Å². The second kappa shape index (κ2) is 15.1. The van der Waals surface area contributed by atoms with E-state index in [0.717, 1.165) is 75.6 Å². The minimum absolute atomic E-state index is 0.0862. The van der Waals surface area contributed by atoms with Gasteiger partial charge in [0.1, 0.15) is 0 Å². The average molecular weight is 767 g/mol. The van der Waals surface area contributed by atoms with Crippen LogP contribution >= 0.6 is 11.8 Å². The zero-order valence-electron chi connectivity index (χ0n) is 32.6. The second-order valence-corrected chi connectivity index (χ2v) is 16.7. The number of aliphatic imine (C=N–C) groups is 2. The van der Waals surface area contributed by atoms with Crippen LogP contribution in [0, 0.1) is 0 Å². The molecule has 0 saturated carbocycles. The van der Waals surface area contributed by atoms with E-state index in [0.29, 0.717) is 5.82 Å². The van der Waals surface area contributed by atoms with Crippen LogP contribution in [0.3, 0.4) is 0 Å². The van der Waals surface area contributed by atoms with Gasteiger partial charge in [-0.25, -0.2) is 15.0 Å². The maximum Gasteiger partial charge on any atom is 0.160 e. The lowest BCUT2D eigenvalue weighted by Gasteiger charge is -2.36. The van der Waals surface area contributed by atoms with Crippen LogP contribution in [0.5, 0.6) is 0 Å². The Labute approximate surface area is 344 Å². The van der Waals surface area contributed by atoms with Crippen LogP contribution in [-0.2, 0) is 5.41 Å². The molecule has 3 aliphatic rings. The molecule has 6 aromatic carbocycles. The van der Waals surface area contributed by atoms with E-state index in [1.807, 2.05) is 11.8 Å². The number of fused-ring (bicyclic) bond motifs is 2. The molecule has 280 valence electrons. The lowest BCUT2D eigenvalue weighted by Crippen LogP contribution is -2.25. The Morgan fingerprint density at radius 3 is 2.03 bits per heavy atom. The number of benzene rings is 6. The quantitative estimate of drug-likeness (QED) is 0.162. The van der Waals surface area contributed by atoms with Crippen LogP contribution in [0.4, 0.5) is 0 Å². The third-order valence-electron chi connectivity index (χ3n) is 11.5. The highest BCUT2D eigenvalue weighted by atomic mass is 32.2. The third kappa shape index (κ3) is 6.86. The largest absolute Gasteiger partial charge is 0.258 e. The van der Waals surface area contributed by atoms with Gasteiger partial charge in [-0.2, -0.15) is 0 Å². The summed E-state index contributed by atoms with van der Waals surface area (Å²) in [6.07, 6.45) is 9.47. The van der Waals surface area contributed by atoms with Crippen molar-refractivity contribution in [1.29, 1.82) is 0 Å². The smallest absolute Gasteiger partial charge is 0.160 e. The van der Waals surface area contributed by atoms with Crippen molar-refractivity contribution >= 4 is 28.9 Å². The first-order valence-corrected chi connectivity index (χ1v) is 20.9. The van der Waals surface area contributed by atoms with E-state index in [1.165, 1.54) is 32.0 Å². The molecule has 2 aliphatic heterocycles. The Morgan fingerprint density at radius 2 is 1.24 bits per heavy atom. The third-order valence-corrected chi connectivity index (χ3v) is 12.8. The number of nitrogens with zero attached hydrogens (tertiary/aromatic N) is 4. The molecule has 3 heterocycles. The van der Waals surface area contributed by atoms with Crippen LogP contribution < -0.4 is 0 Å². The van der Waals surface area contributed by atoms with Gasteiger partial charge in [-0.15, -0.1) is 0 Å². The fourth-order valence-corrected chi connectivity index (χ4v) is 9.95. The number of aromatic nitrogens is 2. The monoisotopic (exact) mass is 766 g/mol. The average Bonchev–Trinajstić information content (AvgIpc) is 3.29. The Balaban J connectivity index is 1.04. The van der Waals surface area contributed by atoms with Crippen LogP contribution in [0.25, 0.3) is 39.3 Å². The van der Waals surface area contributed by atoms with Crippen molar-refractivity contribution in [3.63, 3.8) is 0 Å². The summed E-state index contributed by atoms with van der Waals surface area (Å²) in [5.41, 5.74) is 14.3. The summed E-state index contributed by atoms with van der Waals surface area (Å²) in [5.74, 6) is 1.43. The Hall–Kier alpha value is -6.43. The van der Waals surface area contributed by atoms with Gasteiger partial charge in [-0.1, -0.05) is 183 Å². The SMILES string of the molecule is CC1(C)c2ccccc2Sc2c(C3CC(c4ccccc4)=NC(c4ccc(-c5nc(C6=CCCC=C6)cc(-c6cccc(-c7ccccc7)c6)n5)cc4)=N3)cccc21. The number of amidine groups is 1. The summed E-state index contributed by atoms with van der Waals surface area (Å²) in [4.78, 5) is 23.7. The van der Waals surface area contributed by atoms with Crippen molar-refractivity contribution in [3.8, 4) is 33.8 Å². The maximum atomic E-state index is 5.44. The lowest BCUT2D eigenvalue weighted by atomic mass is 9.76. The molecule has 4 nitrogen and oxygen atoms in total. The van der Waals surface area contributed by atoms with Crippen molar-refractivity contribution < 1.29 is 0 Å². The molecule has 0 N–H and O–H groups in total. The van der Waals surface area contributed by atoms with Crippen LogP contribution in [0.15, 0.2) is 196 Å². The number of hydrogen-bond acceptors (Lipinski definition) is 5. The molecule has 0 spiro atoms. The molecule has 10 rings (SSSR count). The predicted molar refractivity (Wildman–Crippen MR) is 241 cm³/mol. The number of hydrogen-bond donors (Lipinski definition) is 0. The van der Waals surface area contributed by atoms with Gasteiger partial charge in [0.05, 0.1) is 23.1 Å². The summed E-state index contributed by atoms with van der Waals surface area (Å²) in [5, 5.41) is 0. The summed E-state index contributed by atoms with van der Waals surface area (Å²) in [7, 11) is 0. The highest BCUT2D eigenvalue weighted by Gasteiger charge is 2.36. The Kier molecular flexibility index (Phi) is 9.39. The number of allylic oxidation sites excluding steroid dienone is 4. The summed E-state index contributed by atoms with van der Waals surface area (Å²) < 4.78 is 0. The molecule has 1 atom stereocenters. The minimum atomic E-state index is -0.117. The molecule has 0 radical (unpaired) electrons. The molecule has 1 aliphatic carbocycles. The van der Waals surface area contributed by atoms with Crippen molar-refractivity contribution in [2.75, 3.05) is 0 Å². The van der Waals surface area contributed by atoms with E-state index in [2.05, 4.69) is 190 Å².